The number of aryl methyl sites for hydroxylation is 1. The van der Waals surface area contributed by atoms with E-state index in [-0.39, 0.29) is 35.8 Å². The van der Waals surface area contributed by atoms with E-state index in [2.05, 4.69) is 10.4 Å². The minimum Gasteiger partial charge on any atom is -0.494 e. The number of nitro benzene ring substituents is 1. The van der Waals surface area contributed by atoms with E-state index >= 15 is 0 Å². The topological polar surface area (TPSA) is 99.3 Å². The number of hydrogen-bond acceptors (Lipinski definition) is 5. The van der Waals surface area contributed by atoms with E-state index in [1.165, 1.54) is 25.1 Å². The molecule has 0 aliphatic rings. The van der Waals surface area contributed by atoms with Crippen LogP contribution in [0.15, 0.2) is 18.2 Å². The van der Waals surface area contributed by atoms with Gasteiger partial charge in [-0.2, -0.15) is 18.3 Å². The first-order chi connectivity index (χ1) is 13.0. The standard InChI is InChI=1S/C16H16ClF3N4O4/c1-3-28-10-4-5-11(12(8-10)24(26)27)21-13(25)6-7-23-9(2)14(17)15(22-23)16(18,19)20/h4-5,8H,3,6-7H2,1-2H3,(H,21,25). The Labute approximate surface area is 162 Å². The fourth-order valence-corrected chi connectivity index (χ4v) is 2.61. The number of carbonyl (C=O) groups is 1. The van der Waals surface area contributed by atoms with Crippen LogP contribution in [-0.2, 0) is 17.5 Å². The van der Waals surface area contributed by atoms with Crippen LogP contribution in [0.4, 0.5) is 24.5 Å². The molecule has 1 amide bonds. The van der Waals surface area contributed by atoms with Gasteiger partial charge in [0.15, 0.2) is 5.69 Å². The molecule has 2 rings (SSSR count). The third-order valence-corrected chi connectivity index (χ3v) is 4.16. The minimum absolute atomic E-state index is 0.0512. The van der Waals surface area contributed by atoms with Crippen LogP contribution < -0.4 is 10.1 Å². The highest BCUT2D eigenvalue weighted by Crippen LogP contribution is 2.35. The fourth-order valence-electron chi connectivity index (χ4n) is 2.37. The molecule has 152 valence electrons. The van der Waals surface area contributed by atoms with E-state index in [1.54, 1.807) is 6.92 Å². The van der Waals surface area contributed by atoms with Gasteiger partial charge in [-0.05, 0) is 26.0 Å². The Hall–Kier alpha value is -2.82. The minimum atomic E-state index is -4.71. The second-order valence-corrected chi connectivity index (χ2v) is 6.01. The summed E-state index contributed by atoms with van der Waals surface area (Å²) in [6.45, 7) is 3.20. The molecule has 0 radical (unpaired) electrons. The summed E-state index contributed by atoms with van der Waals surface area (Å²) in [5.74, 6) is -0.361. The normalized spacial score (nSPS) is 11.4. The van der Waals surface area contributed by atoms with Crippen molar-refractivity contribution in [2.75, 3.05) is 11.9 Å². The monoisotopic (exact) mass is 420 g/mol. The average Bonchev–Trinajstić information content (AvgIpc) is 2.89. The molecule has 0 atom stereocenters. The van der Waals surface area contributed by atoms with Crippen LogP contribution in [0.25, 0.3) is 0 Å². The lowest BCUT2D eigenvalue weighted by Crippen LogP contribution is -2.17. The van der Waals surface area contributed by atoms with Crippen LogP contribution in [0, 0.1) is 17.0 Å². The first kappa shape index (κ1) is 21.5. The predicted molar refractivity (Wildman–Crippen MR) is 94.5 cm³/mol. The molecule has 2 aromatic rings. The summed E-state index contributed by atoms with van der Waals surface area (Å²) in [5, 5.41) is 16.4. The maximum atomic E-state index is 12.8. The number of nitro groups is 1. The molecule has 12 heteroatoms. The number of nitrogens with one attached hydrogen (secondary N) is 1. The molecular formula is C16H16ClF3N4O4. The molecule has 0 saturated carbocycles. The van der Waals surface area contributed by atoms with Gasteiger partial charge in [-0.1, -0.05) is 11.6 Å². The summed E-state index contributed by atoms with van der Waals surface area (Å²) in [5.41, 5.74) is -1.58. The molecule has 0 spiro atoms. The van der Waals surface area contributed by atoms with Crippen molar-refractivity contribution in [3.8, 4) is 5.75 Å². The molecule has 1 aromatic carbocycles. The van der Waals surface area contributed by atoms with Crippen LogP contribution in [0.1, 0.15) is 24.7 Å². The number of amides is 1. The number of aromatic nitrogens is 2. The summed E-state index contributed by atoms with van der Waals surface area (Å²) in [7, 11) is 0. The van der Waals surface area contributed by atoms with Gasteiger partial charge in [0.1, 0.15) is 11.4 Å². The van der Waals surface area contributed by atoms with Crippen molar-refractivity contribution in [1.82, 2.24) is 9.78 Å². The molecule has 0 unspecified atom stereocenters. The highest BCUT2D eigenvalue weighted by Gasteiger charge is 2.38. The molecule has 0 aliphatic heterocycles. The van der Waals surface area contributed by atoms with E-state index in [9.17, 15) is 28.1 Å². The number of nitrogens with zero attached hydrogens (tertiary/aromatic N) is 3. The maximum Gasteiger partial charge on any atom is 0.436 e. The van der Waals surface area contributed by atoms with Crippen LogP contribution in [0.5, 0.6) is 5.75 Å². The van der Waals surface area contributed by atoms with Gasteiger partial charge in [0.25, 0.3) is 5.69 Å². The van der Waals surface area contributed by atoms with E-state index < -0.39 is 27.7 Å². The van der Waals surface area contributed by atoms with Crippen LogP contribution in [0.3, 0.4) is 0 Å². The second-order valence-electron chi connectivity index (χ2n) is 5.64. The van der Waals surface area contributed by atoms with Gasteiger partial charge in [-0.3, -0.25) is 19.6 Å². The summed E-state index contributed by atoms with van der Waals surface area (Å²) in [6.07, 6.45) is -4.97. The van der Waals surface area contributed by atoms with Crippen LogP contribution in [-0.4, -0.2) is 27.2 Å². The number of rotatable bonds is 7. The van der Waals surface area contributed by atoms with Gasteiger partial charge < -0.3 is 10.1 Å². The Kier molecular flexibility index (Phi) is 6.49. The maximum absolute atomic E-state index is 12.8. The number of anilines is 1. The van der Waals surface area contributed by atoms with Crippen molar-refractivity contribution in [2.45, 2.75) is 33.0 Å². The summed E-state index contributed by atoms with van der Waals surface area (Å²) in [4.78, 5) is 22.6. The van der Waals surface area contributed by atoms with E-state index in [0.29, 0.717) is 6.61 Å². The fraction of sp³-hybridized carbons (Fsp3) is 0.375. The molecular weight excluding hydrogens is 405 g/mol. The Morgan fingerprint density at radius 3 is 2.64 bits per heavy atom. The molecule has 8 nitrogen and oxygen atoms in total. The molecule has 0 aliphatic carbocycles. The lowest BCUT2D eigenvalue weighted by molar-refractivity contribution is -0.384. The number of halogens is 4. The zero-order valence-corrected chi connectivity index (χ0v) is 15.6. The molecule has 1 N–H and O–H groups in total. The number of hydrogen-bond donors (Lipinski definition) is 1. The Morgan fingerprint density at radius 1 is 1.43 bits per heavy atom. The predicted octanol–water partition coefficient (Wildman–Crippen LogP) is 4.20. The Morgan fingerprint density at radius 2 is 2.11 bits per heavy atom. The smallest absolute Gasteiger partial charge is 0.436 e. The first-order valence-electron chi connectivity index (χ1n) is 8.05. The molecule has 0 fully saturated rings. The highest BCUT2D eigenvalue weighted by molar-refractivity contribution is 6.31. The molecule has 1 heterocycles. The number of ether oxygens (including phenoxy) is 1. The van der Waals surface area contributed by atoms with Crippen LogP contribution >= 0.6 is 11.6 Å². The third kappa shape index (κ3) is 4.91. The van der Waals surface area contributed by atoms with Gasteiger partial charge >= 0.3 is 6.18 Å². The number of alkyl halides is 3. The zero-order chi connectivity index (χ0) is 21.1. The highest BCUT2D eigenvalue weighted by atomic mass is 35.5. The van der Waals surface area contributed by atoms with Crippen molar-refractivity contribution in [2.24, 2.45) is 0 Å². The van der Waals surface area contributed by atoms with Crippen molar-refractivity contribution in [3.05, 3.63) is 44.7 Å². The van der Waals surface area contributed by atoms with Crippen molar-refractivity contribution in [1.29, 1.82) is 0 Å². The second kappa shape index (κ2) is 8.46. The molecule has 0 saturated heterocycles. The first-order valence-corrected chi connectivity index (χ1v) is 8.43. The van der Waals surface area contributed by atoms with Gasteiger partial charge in [0.05, 0.1) is 34.9 Å². The molecule has 1 aromatic heterocycles. The quantitative estimate of drug-likeness (QED) is 0.534. The molecule has 0 bridgehead atoms. The van der Waals surface area contributed by atoms with Crippen molar-refractivity contribution < 1.29 is 27.6 Å². The summed E-state index contributed by atoms with van der Waals surface area (Å²) in [6, 6.07) is 3.95. The largest absolute Gasteiger partial charge is 0.494 e. The molecule has 28 heavy (non-hydrogen) atoms. The van der Waals surface area contributed by atoms with E-state index in [4.69, 9.17) is 16.3 Å². The lowest BCUT2D eigenvalue weighted by Gasteiger charge is -2.09. The average molecular weight is 421 g/mol. The van der Waals surface area contributed by atoms with Gasteiger partial charge in [0, 0.05) is 6.42 Å². The number of carbonyl (C=O) groups excluding carboxylic acids is 1. The van der Waals surface area contributed by atoms with Gasteiger partial charge in [-0.25, -0.2) is 0 Å². The van der Waals surface area contributed by atoms with Gasteiger partial charge in [0.2, 0.25) is 5.91 Å². The van der Waals surface area contributed by atoms with Crippen molar-refractivity contribution in [3.63, 3.8) is 0 Å². The summed E-state index contributed by atoms with van der Waals surface area (Å²) >= 11 is 5.65. The van der Waals surface area contributed by atoms with E-state index in [1.807, 2.05) is 0 Å². The number of benzene rings is 1. The summed E-state index contributed by atoms with van der Waals surface area (Å²) < 4.78 is 44.6. The van der Waals surface area contributed by atoms with Crippen LogP contribution in [0.2, 0.25) is 5.02 Å². The Balaban J connectivity index is 2.10. The third-order valence-electron chi connectivity index (χ3n) is 3.70. The zero-order valence-electron chi connectivity index (χ0n) is 14.8. The SMILES string of the molecule is CCOc1ccc(NC(=O)CCn2nc(C(F)(F)F)c(Cl)c2C)c([N+](=O)[O-])c1. The van der Waals surface area contributed by atoms with Crippen molar-refractivity contribution >= 4 is 28.9 Å². The van der Waals surface area contributed by atoms with E-state index in [0.717, 1.165) is 4.68 Å². The van der Waals surface area contributed by atoms with Gasteiger partial charge in [-0.15, -0.1) is 0 Å². The lowest BCUT2D eigenvalue weighted by atomic mass is 10.2. The Bertz CT molecular complexity index is 899.